The fraction of sp³-hybridized carbons (Fsp3) is 0.312. The predicted octanol–water partition coefficient (Wildman–Crippen LogP) is 1.40. The molecule has 0 aliphatic heterocycles. The van der Waals surface area contributed by atoms with E-state index < -0.39 is 40.0 Å². The summed E-state index contributed by atoms with van der Waals surface area (Å²) in [4.78, 5) is 35.2. The summed E-state index contributed by atoms with van der Waals surface area (Å²) >= 11 is 5.28. The average Bonchev–Trinajstić information content (AvgIpc) is 2.55. The first-order valence-electron chi connectivity index (χ1n) is 7.36. The minimum Gasteiger partial charge on any atom is -0.320 e. The Bertz CT molecular complexity index is 962. The van der Waals surface area contributed by atoms with E-state index in [1.165, 1.54) is 24.3 Å². The van der Waals surface area contributed by atoms with Crippen molar-refractivity contribution in [2.75, 3.05) is 0 Å². The van der Waals surface area contributed by atoms with E-state index in [1.54, 1.807) is 0 Å². The lowest BCUT2D eigenvalue weighted by molar-refractivity contribution is -0.143. The van der Waals surface area contributed by atoms with Gasteiger partial charge < -0.3 is 5.73 Å². The van der Waals surface area contributed by atoms with E-state index in [9.17, 15) is 27.6 Å². The molecule has 1 aromatic carbocycles. The molecule has 1 atom stereocenters. The third-order valence-electron chi connectivity index (χ3n) is 3.92. The third-order valence-corrected chi connectivity index (χ3v) is 4.20. The summed E-state index contributed by atoms with van der Waals surface area (Å²) in [6.45, 7) is 0. The number of aromatic nitrogens is 2. The summed E-state index contributed by atoms with van der Waals surface area (Å²) in [7, 11) is 2.06. The highest BCUT2D eigenvalue weighted by molar-refractivity contribution is 6.64. The minimum atomic E-state index is -4.90. The molecule has 0 unspecified atom stereocenters. The Morgan fingerprint density at radius 3 is 2.15 bits per heavy atom. The van der Waals surface area contributed by atoms with Gasteiger partial charge >= 0.3 is 11.9 Å². The standard InChI is InChI=1S/C16H15ClF3N3O3/c1-22-12(16(18,19)20)11(14(25)23(2)15(22)26)9-5-3-8(4-6-9)7-10(21)13(17)24/h3-6,10H,7,21H2,1-2H3/t10-/m0/s1. The average molecular weight is 390 g/mol. The van der Waals surface area contributed by atoms with Gasteiger partial charge in [0.15, 0.2) is 0 Å². The second-order valence-corrected chi connectivity index (χ2v) is 6.11. The van der Waals surface area contributed by atoms with Crippen molar-refractivity contribution >= 4 is 16.8 Å². The molecule has 26 heavy (non-hydrogen) atoms. The van der Waals surface area contributed by atoms with Crippen molar-refractivity contribution < 1.29 is 18.0 Å². The highest BCUT2D eigenvalue weighted by Crippen LogP contribution is 2.34. The first-order valence-corrected chi connectivity index (χ1v) is 7.74. The summed E-state index contributed by atoms with van der Waals surface area (Å²) in [6.07, 6.45) is -4.80. The van der Waals surface area contributed by atoms with Crippen molar-refractivity contribution in [2.24, 2.45) is 19.8 Å². The van der Waals surface area contributed by atoms with E-state index in [1.807, 2.05) is 0 Å². The lowest BCUT2D eigenvalue weighted by Crippen LogP contribution is -2.41. The second-order valence-electron chi connectivity index (χ2n) is 5.74. The number of rotatable bonds is 4. The second kappa shape index (κ2) is 7.08. The van der Waals surface area contributed by atoms with Crippen LogP contribution in [0.4, 0.5) is 13.2 Å². The van der Waals surface area contributed by atoms with Crippen LogP contribution >= 0.6 is 11.6 Å². The van der Waals surface area contributed by atoms with Crippen molar-refractivity contribution in [1.82, 2.24) is 9.13 Å². The van der Waals surface area contributed by atoms with Gasteiger partial charge in [0.05, 0.1) is 11.6 Å². The summed E-state index contributed by atoms with van der Waals surface area (Å²) < 4.78 is 41.4. The van der Waals surface area contributed by atoms with Gasteiger partial charge in [-0.3, -0.25) is 18.7 Å². The van der Waals surface area contributed by atoms with Crippen molar-refractivity contribution in [3.63, 3.8) is 0 Å². The summed E-state index contributed by atoms with van der Waals surface area (Å²) in [6, 6.07) is 4.55. The molecule has 0 amide bonds. The summed E-state index contributed by atoms with van der Waals surface area (Å²) in [5.74, 6) is 0. The Morgan fingerprint density at radius 2 is 1.69 bits per heavy atom. The quantitative estimate of drug-likeness (QED) is 0.801. The SMILES string of the molecule is Cn1c(C(F)(F)F)c(-c2ccc(C[C@H](N)C(=O)Cl)cc2)c(=O)n(C)c1=O. The largest absolute Gasteiger partial charge is 0.432 e. The van der Waals surface area contributed by atoms with Crippen LogP contribution in [-0.4, -0.2) is 20.4 Å². The molecule has 1 aromatic heterocycles. The van der Waals surface area contributed by atoms with Crippen LogP contribution in [0, 0.1) is 0 Å². The maximum atomic E-state index is 13.5. The first kappa shape index (κ1) is 19.9. The summed E-state index contributed by atoms with van der Waals surface area (Å²) in [5, 5.41) is -0.736. The van der Waals surface area contributed by atoms with Crippen molar-refractivity contribution in [3.8, 4) is 11.1 Å². The van der Waals surface area contributed by atoms with E-state index in [0.717, 1.165) is 14.1 Å². The topological polar surface area (TPSA) is 87.1 Å². The molecule has 2 N–H and O–H groups in total. The minimum absolute atomic E-state index is 0.0111. The van der Waals surface area contributed by atoms with E-state index in [-0.39, 0.29) is 12.0 Å². The number of carbonyl (C=O) groups is 1. The molecule has 0 fully saturated rings. The van der Waals surface area contributed by atoms with Crippen LogP contribution < -0.4 is 17.0 Å². The molecule has 0 aliphatic carbocycles. The molecule has 0 bridgehead atoms. The van der Waals surface area contributed by atoms with Crippen LogP contribution in [0.2, 0.25) is 0 Å². The monoisotopic (exact) mass is 389 g/mol. The molecule has 140 valence electrons. The van der Waals surface area contributed by atoms with Crippen LogP contribution in [0.5, 0.6) is 0 Å². The van der Waals surface area contributed by atoms with Crippen LogP contribution in [0.15, 0.2) is 33.9 Å². The van der Waals surface area contributed by atoms with Gasteiger partial charge in [-0.25, -0.2) is 4.79 Å². The number of nitrogens with zero attached hydrogens (tertiary/aromatic N) is 2. The summed E-state index contributed by atoms with van der Waals surface area (Å²) in [5.41, 5.74) is 2.00. The van der Waals surface area contributed by atoms with Crippen LogP contribution in [0.1, 0.15) is 11.3 Å². The van der Waals surface area contributed by atoms with Gasteiger partial charge in [0.25, 0.3) is 5.56 Å². The number of hydrogen-bond acceptors (Lipinski definition) is 4. The molecule has 2 aromatic rings. The van der Waals surface area contributed by atoms with Gasteiger partial charge in [0, 0.05) is 14.1 Å². The van der Waals surface area contributed by atoms with Crippen molar-refractivity contribution in [3.05, 3.63) is 56.4 Å². The number of nitrogens with two attached hydrogens (primary N) is 1. The highest BCUT2D eigenvalue weighted by Gasteiger charge is 2.39. The lowest BCUT2D eigenvalue weighted by atomic mass is 10.0. The van der Waals surface area contributed by atoms with Gasteiger partial charge in [-0.05, 0) is 29.1 Å². The van der Waals surface area contributed by atoms with Crippen LogP contribution in [-0.2, 0) is 31.5 Å². The fourth-order valence-corrected chi connectivity index (χ4v) is 2.66. The number of hydrogen-bond donors (Lipinski definition) is 1. The third kappa shape index (κ3) is 3.73. The maximum absolute atomic E-state index is 13.5. The smallest absolute Gasteiger partial charge is 0.320 e. The molecule has 0 aliphatic rings. The van der Waals surface area contributed by atoms with Gasteiger partial charge in [0.2, 0.25) is 5.24 Å². The van der Waals surface area contributed by atoms with E-state index in [4.69, 9.17) is 17.3 Å². The molecule has 0 saturated heterocycles. The van der Waals surface area contributed by atoms with Crippen molar-refractivity contribution in [1.29, 1.82) is 0 Å². The van der Waals surface area contributed by atoms with Gasteiger partial charge in [0.1, 0.15) is 5.69 Å². The molecule has 2 rings (SSSR count). The zero-order valence-electron chi connectivity index (χ0n) is 13.8. The molecule has 6 nitrogen and oxygen atoms in total. The van der Waals surface area contributed by atoms with E-state index in [0.29, 0.717) is 14.7 Å². The number of benzene rings is 1. The highest BCUT2D eigenvalue weighted by atomic mass is 35.5. The molecule has 0 spiro atoms. The zero-order chi connectivity index (χ0) is 19.8. The predicted molar refractivity (Wildman–Crippen MR) is 89.9 cm³/mol. The lowest BCUT2D eigenvalue weighted by Gasteiger charge is -2.17. The number of carbonyl (C=O) groups excluding carboxylic acids is 1. The van der Waals surface area contributed by atoms with Crippen LogP contribution in [0.3, 0.4) is 0 Å². The van der Waals surface area contributed by atoms with Crippen molar-refractivity contribution in [2.45, 2.75) is 18.6 Å². The molecule has 0 radical (unpaired) electrons. The van der Waals surface area contributed by atoms with Gasteiger partial charge in [-0.15, -0.1) is 0 Å². The first-order chi connectivity index (χ1) is 11.9. The fourth-order valence-electron chi connectivity index (χ4n) is 2.58. The van der Waals surface area contributed by atoms with E-state index >= 15 is 0 Å². The van der Waals surface area contributed by atoms with E-state index in [2.05, 4.69) is 0 Å². The molecule has 10 heteroatoms. The Labute approximate surface area is 150 Å². The zero-order valence-corrected chi connectivity index (χ0v) is 14.6. The number of alkyl halides is 3. The molecule has 1 heterocycles. The normalized spacial score (nSPS) is 12.9. The maximum Gasteiger partial charge on any atom is 0.432 e. The molecular weight excluding hydrogens is 375 g/mol. The van der Waals surface area contributed by atoms with Crippen LogP contribution in [0.25, 0.3) is 11.1 Å². The molecule has 0 saturated carbocycles. The van der Waals surface area contributed by atoms with Gasteiger partial charge in [-0.2, -0.15) is 13.2 Å². The Kier molecular flexibility index (Phi) is 5.43. The Hall–Kier alpha value is -2.39. The number of halogens is 4. The Balaban J connectivity index is 2.64. The molecular formula is C16H15ClF3N3O3. The van der Waals surface area contributed by atoms with Gasteiger partial charge in [-0.1, -0.05) is 24.3 Å². The Morgan fingerprint density at radius 1 is 1.15 bits per heavy atom.